The number of unbranched alkanes of at least 4 members (excludes halogenated alkanes) is 1. The molecule has 0 spiro atoms. The Kier molecular flexibility index (Phi) is 5.74. The van der Waals surface area contributed by atoms with Gasteiger partial charge in [-0.25, -0.2) is 0 Å². The quantitative estimate of drug-likeness (QED) is 0.247. The molecule has 0 radical (unpaired) electrons. The Morgan fingerprint density at radius 2 is 2.30 bits per heavy atom. The maximum atomic E-state index is 10.1. The maximum absolute atomic E-state index is 10.1. The first kappa shape index (κ1) is 9.15. The molecule has 0 rings (SSSR count). The van der Waals surface area contributed by atoms with Crippen molar-refractivity contribution in [3.8, 4) is 0 Å². The van der Waals surface area contributed by atoms with E-state index in [1.165, 1.54) is 0 Å². The molecule has 0 atom stereocenters. The topological polar surface area (TPSA) is 17.1 Å². The van der Waals surface area contributed by atoms with E-state index in [4.69, 9.17) is 0 Å². The second-order valence-corrected chi connectivity index (χ2v) is 2.24. The molecule has 0 bridgehead atoms. The minimum atomic E-state index is 0.699. The van der Waals surface area contributed by atoms with Crippen molar-refractivity contribution in [1.29, 1.82) is 0 Å². The monoisotopic (exact) mass is 138 g/mol. The lowest BCUT2D eigenvalue weighted by Gasteiger charge is -1.92. The van der Waals surface area contributed by atoms with Gasteiger partial charge in [0.05, 0.1) is 0 Å². The molecule has 0 aliphatic carbocycles. The van der Waals surface area contributed by atoms with E-state index in [9.17, 15) is 4.79 Å². The highest BCUT2D eigenvalue weighted by atomic mass is 16.1. The number of allylic oxidation sites excluding steroid dienone is 3. The lowest BCUT2D eigenvalue weighted by molar-refractivity contribution is -0.105. The largest absolute Gasteiger partial charge is 0.298 e. The van der Waals surface area contributed by atoms with Gasteiger partial charge in [-0.1, -0.05) is 18.7 Å². The van der Waals surface area contributed by atoms with Gasteiger partial charge in [-0.15, -0.1) is 0 Å². The van der Waals surface area contributed by atoms with Crippen molar-refractivity contribution in [2.24, 2.45) is 0 Å². The molecule has 0 aliphatic heterocycles. The molecule has 0 N–H and O–H groups in total. The highest BCUT2D eigenvalue weighted by Crippen LogP contribution is 2.02. The Morgan fingerprint density at radius 1 is 1.60 bits per heavy atom. The normalized spacial score (nSPS) is 10.1. The predicted octanol–water partition coefficient (Wildman–Crippen LogP) is 2.49. The van der Waals surface area contributed by atoms with E-state index < -0.39 is 0 Å². The minimum Gasteiger partial charge on any atom is -0.298 e. The average Bonchev–Trinajstić information content (AvgIpc) is 1.98. The van der Waals surface area contributed by atoms with Crippen LogP contribution in [0, 0.1) is 0 Å². The molecule has 0 saturated heterocycles. The molecule has 0 aromatic rings. The summed E-state index contributed by atoms with van der Waals surface area (Å²) in [5, 5.41) is 0. The van der Waals surface area contributed by atoms with Gasteiger partial charge < -0.3 is 0 Å². The first-order valence-corrected chi connectivity index (χ1v) is 3.55. The Hall–Kier alpha value is -0.850. The lowest BCUT2D eigenvalue weighted by Crippen LogP contribution is -1.81. The SMILES string of the molecule is C=C(C=O)CCC/C=C/C. The van der Waals surface area contributed by atoms with Crippen molar-refractivity contribution in [3.05, 3.63) is 24.3 Å². The van der Waals surface area contributed by atoms with Crippen molar-refractivity contribution in [1.82, 2.24) is 0 Å². The van der Waals surface area contributed by atoms with E-state index in [-0.39, 0.29) is 0 Å². The van der Waals surface area contributed by atoms with Crippen LogP contribution in [0.3, 0.4) is 0 Å². The third-order valence-electron chi connectivity index (χ3n) is 1.27. The molecule has 0 aromatic heterocycles. The van der Waals surface area contributed by atoms with E-state index >= 15 is 0 Å². The van der Waals surface area contributed by atoms with Gasteiger partial charge >= 0.3 is 0 Å². The molecule has 0 fully saturated rings. The zero-order chi connectivity index (χ0) is 7.82. The number of rotatable bonds is 5. The number of hydrogen-bond acceptors (Lipinski definition) is 1. The summed E-state index contributed by atoms with van der Waals surface area (Å²) in [6.07, 6.45) is 7.84. The van der Waals surface area contributed by atoms with Gasteiger partial charge in [0.15, 0.2) is 0 Å². The lowest BCUT2D eigenvalue weighted by atomic mass is 10.1. The third kappa shape index (κ3) is 5.29. The van der Waals surface area contributed by atoms with Crippen LogP contribution < -0.4 is 0 Å². The van der Waals surface area contributed by atoms with Crippen molar-refractivity contribution >= 4 is 6.29 Å². The van der Waals surface area contributed by atoms with Gasteiger partial charge in [0.25, 0.3) is 0 Å². The number of hydrogen-bond donors (Lipinski definition) is 0. The van der Waals surface area contributed by atoms with Gasteiger partial charge in [0.2, 0.25) is 0 Å². The zero-order valence-corrected chi connectivity index (χ0v) is 6.47. The summed E-state index contributed by atoms with van der Waals surface area (Å²) in [6.45, 7) is 5.57. The van der Waals surface area contributed by atoms with Gasteiger partial charge in [-0.2, -0.15) is 0 Å². The van der Waals surface area contributed by atoms with Crippen LogP contribution in [0.1, 0.15) is 26.2 Å². The molecular formula is C9H14O. The van der Waals surface area contributed by atoms with Gasteiger partial charge in [0, 0.05) is 0 Å². The van der Waals surface area contributed by atoms with Crippen molar-refractivity contribution in [3.63, 3.8) is 0 Å². The smallest absolute Gasteiger partial charge is 0.145 e. The molecule has 0 aromatic carbocycles. The van der Waals surface area contributed by atoms with Gasteiger partial charge in [0.1, 0.15) is 6.29 Å². The summed E-state index contributed by atoms with van der Waals surface area (Å²) in [4.78, 5) is 10.1. The molecule has 10 heavy (non-hydrogen) atoms. The van der Waals surface area contributed by atoms with Crippen molar-refractivity contribution < 1.29 is 4.79 Å². The summed E-state index contributed by atoms with van der Waals surface area (Å²) in [5.41, 5.74) is 0.699. The zero-order valence-electron chi connectivity index (χ0n) is 6.47. The molecule has 56 valence electrons. The number of carbonyl (C=O) groups is 1. The van der Waals surface area contributed by atoms with Crippen LogP contribution in [-0.2, 0) is 4.79 Å². The van der Waals surface area contributed by atoms with E-state index in [2.05, 4.69) is 12.7 Å². The first-order valence-electron chi connectivity index (χ1n) is 3.55. The van der Waals surface area contributed by atoms with Crippen LogP contribution in [0.5, 0.6) is 0 Å². The summed E-state index contributed by atoms with van der Waals surface area (Å²) < 4.78 is 0. The van der Waals surface area contributed by atoms with E-state index in [1.807, 2.05) is 13.0 Å². The van der Waals surface area contributed by atoms with E-state index in [0.717, 1.165) is 25.5 Å². The average molecular weight is 138 g/mol. The molecule has 0 saturated carbocycles. The number of carbonyl (C=O) groups excluding carboxylic acids is 1. The van der Waals surface area contributed by atoms with Gasteiger partial charge in [-0.3, -0.25) is 4.79 Å². The summed E-state index contributed by atoms with van der Waals surface area (Å²) in [7, 11) is 0. The van der Waals surface area contributed by atoms with Crippen LogP contribution in [0.15, 0.2) is 24.3 Å². The van der Waals surface area contributed by atoms with Crippen LogP contribution in [-0.4, -0.2) is 6.29 Å². The minimum absolute atomic E-state index is 0.699. The van der Waals surface area contributed by atoms with Crippen LogP contribution >= 0.6 is 0 Å². The second kappa shape index (κ2) is 6.27. The summed E-state index contributed by atoms with van der Waals surface area (Å²) in [5.74, 6) is 0. The molecule has 0 aliphatic rings. The predicted molar refractivity (Wildman–Crippen MR) is 43.9 cm³/mol. The molecular weight excluding hydrogens is 124 g/mol. The fourth-order valence-corrected chi connectivity index (χ4v) is 0.673. The van der Waals surface area contributed by atoms with E-state index in [1.54, 1.807) is 0 Å². The number of aldehydes is 1. The van der Waals surface area contributed by atoms with Crippen LogP contribution in [0.4, 0.5) is 0 Å². The summed E-state index contributed by atoms with van der Waals surface area (Å²) >= 11 is 0. The van der Waals surface area contributed by atoms with E-state index in [0.29, 0.717) is 5.57 Å². The molecule has 1 heteroatoms. The fraction of sp³-hybridized carbons (Fsp3) is 0.444. The molecule has 0 amide bonds. The third-order valence-corrected chi connectivity index (χ3v) is 1.27. The maximum Gasteiger partial charge on any atom is 0.145 e. The molecule has 0 unspecified atom stereocenters. The Bertz CT molecular complexity index is 134. The Labute approximate surface area is 62.4 Å². The molecule has 0 heterocycles. The highest BCUT2D eigenvalue weighted by Gasteiger charge is 1.88. The Balaban J connectivity index is 3.19. The van der Waals surface area contributed by atoms with Crippen molar-refractivity contribution in [2.75, 3.05) is 0 Å². The standard InChI is InChI=1S/C9H14O/c1-3-4-5-6-7-9(2)8-10/h3-4,8H,2,5-7H2,1H3/b4-3+. The first-order chi connectivity index (χ1) is 4.81. The van der Waals surface area contributed by atoms with Crippen LogP contribution in [0.2, 0.25) is 0 Å². The summed E-state index contributed by atoms with van der Waals surface area (Å²) in [6, 6.07) is 0. The Morgan fingerprint density at radius 3 is 2.80 bits per heavy atom. The molecule has 1 nitrogen and oxygen atoms in total. The van der Waals surface area contributed by atoms with Gasteiger partial charge in [-0.05, 0) is 31.8 Å². The highest BCUT2D eigenvalue weighted by molar-refractivity contribution is 5.71. The van der Waals surface area contributed by atoms with Crippen molar-refractivity contribution in [2.45, 2.75) is 26.2 Å². The fourth-order valence-electron chi connectivity index (χ4n) is 0.673. The second-order valence-electron chi connectivity index (χ2n) is 2.24. The van der Waals surface area contributed by atoms with Crippen LogP contribution in [0.25, 0.3) is 0 Å².